The summed E-state index contributed by atoms with van der Waals surface area (Å²) >= 11 is 1.46. The molecule has 0 saturated carbocycles. The number of rotatable bonds is 7. The smallest absolute Gasteiger partial charge is 0.255 e. The molecule has 7 heteroatoms. The number of thiophene rings is 1. The van der Waals surface area contributed by atoms with Crippen LogP contribution in [-0.4, -0.2) is 38.9 Å². The molecule has 0 spiro atoms. The number of amides is 1. The first-order valence-electron chi connectivity index (χ1n) is 7.32. The van der Waals surface area contributed by atoms with Crippen molar-refractivity contribution in [3.8, 4) is 17.2 Å². The minimum atomic E-state index is -0.750. The van der Waals surface area contributed by atoms with Crippen LogP contribution in [0.1, 0.15) is 26.9 Å². The van der Waals surface area contributed by atoms with Crippen molar-refractivity contribution in [3.05, 3.63) is 39.6 Å². The molecule has 2 N–H and O–H groups in total. The highest BCUT2D eigenvalue weighted by molar-refractivity contribution is 7.10. The number of methoxy groups -OCH3 is 3. The van der Waals surface area contributed by atoms with Crippen LogP contribution in [0.15, 0.2) is 23.6 Å². The van der Waals surface area contributed by atoms with Crippen LogP contribution >= 0.6 is 11.3 Å². The molecule has 130 valence electrons. The molecule has 0 fully saturated rings. The highest BCUT2D eigenvalue weighted by Gasteiger charge is 2.21. The van der Waals surface area contributed by atoms with Crippen LogP contribution in [0.2, 0.25) is 0 Å². The van der Waals surface area contributed by atoms with Gasteiger partial charge in [-0.25, -0.2) is 0 Å². The molecule has 0 radical (unpaired) electrons. The Kier molecular flexibility index (Phi) is 6.05. The molecular formula is C17H21NO5S. The number of nitrogens with one attached hydrogen (secondary N) is 1. The molecule has 0 bridgehead atoms. The van der Waals surface area contributed by atoms with Crippen molar-refractivity contribution in [2.45, 2.75) is 13.0 Å². The Morgan fingerprint density at radius 2 is 1.88 bits per heavy atom. The zero-order valence-corrected chi connectivity index (χ0v) is 14.9. The maximum absolute atomic E-state index is 12.5. The van der Waals surface area contributed by atoms with Crippen LogP contribution in [0.4, 0.5) is 0 Å². The van der Waals surface area contributed by atoms with Gasteiger partial charge in [0.2, 0.25) is 5.75 Å². The highest BCUT2D eigenvalue weighted by Crippen LogP contribution is 2.39. The van der Waals surface area contributed by atoms with E-state index in [1.54, 1.807) is 12.1 Å². The summed E-state index contributed by atoms with van der Waals surface area (Å²) in [5, 5.41) is 14.8. The first-order valence-corrected chi connectivity index (χ1v) is 8.20. The van der Waals surface area contributed by atoms with Crippen LogP contribution in [0, 0.1) is 6.92 Å². The Labute approximate surface area is 145 Å². The van der Waals surface area contributed by atoms with Gasteiger partial charge < -0.3 is 24.6 Å². The van der Waals surface area contributed by atoms with Crippen molar-refractivity contribution in [1.29, 1.82) is 0 Å². The van der Waals surface area contributed by atoms with Gasteiger partial charge in [0.25, 0.3) is 5.91 Å². The number of carbonyl (C=O) groups is 1. The van der Waals surface area contributed by atoms with Crippen molar-refractivity contribution in [2.75, 3.05) is 27.9 Å². The van der Waals surface area contributed by atoms with Crippen molar-refractivity contribution in [2.24, 2.45) is 0 Å². The van der Waals surface area contributed by atoms with E-state index < -0.39 is 6.10 Å². The Morgan fingerprint density at radius 3 is 2.42 bits per heavy atom. The molecule has 0 aliphatic rings. The van der Waals surface area contributed by atoms with Gasteiger partial charge in [0, 0.05) is 11.4 Å². The molecule has 0 saturated heterocycles. The van der Waals surface area contributed by atoms with E-state index in [1.165, 1.54) is 32.7 Å². The molecule has 0 aliphatic heterocycles. The molecule has 1 aromatic heterocycles. The first-order chi connectivity index (χ1) is 11.5. The van der Waals surface area contributed by atoms with Gasteiger partial charge >= 0.3 is 0 Å². The number of aryl methyl sites for hydroxylation is 1. The average molecular weight is 351 g/mol. The van der Waals surface area contributed by atoms with Crippen LogP contribution in [0.5, 0.6) is 17.2 Å². The molecule has 2 rings (SSSR count). The molecule has 0 aliphatic carbocycles. The van der Waals surface area contributed by atoms with Crippen LogP contribution in [-0.2, 0) is 0 Å². The SMILES string of the molecule is COc1ccc(C(=O)NCC(O)c2sccc2C)c(OC)c1OC. The van der Waals surface area contributed by atoms with Crippen LogP contribution in [0.3, 0.4) is 0 Å². The summed E-state index contributed by atoms with van der Waals surface area (Å²) in [6.07, 6.45) is -0.750. The normalized spacial score (nSPS) is 11.7. The fourth-order valence-corrected chi connectivity index (χ4v) is 3.30. The summed E-state index contributed by atoms with van der Waals surface area (Å²) < 4.78 is 15.8. The Morgan fingerprint density at radius 1 is 1.17 bits per heavy atom. The third-order valence-corrected chi connectivity index (χ3v) is 4.73. The zero-order valence-electron chi connectivity index (χ0n) is 14.1. The Bertz CT molecular complexity index is 713. The van der Waals surface area contributed by atoms with Gasteiger partial charge in [0.15, 0.2) is 11.5 Å². The summed E-state index contributed by atoms with van der Waals surface area (Å²) in [4.78, 5) is 13.3. The van der Waals surface area contributed by atoms with E-state index in [2.05, 4.69) is 5.32 Å². The highest BCUT2D eigenvalue weighted by atomic mass is 32.1. The van der Waals surface area contributed by atoms with Crippen molar-refractivity contribution >= 4 is 17.2 Å². The van der Waals surface area contributed by atoms with E-state index in [-0.39, 0.29) is 18.2 Å². The van der Waals surface area contributed by atoms with Gasteiger partial charge in [-0.05, 0) is 36.1 Å². The summed E-state index contributed by atoms with van der Waals surface area (Å²) in [7, 11) is 4.44. The molecule has 24 heavy (non-hydrogen) atoms. The predicted molar refractivity (Wildman–Crippen MR) is 92.4 cm³/mol. The number of ether oxygens (including phenoxy) is 3. The quantitative estimate of drug-likeness (QED) is 0.802. The fraction of sp³-hybridized carbons (Fsp3) is 0.353. The van der Waals surface area contributed by atoms with Crippen LogP contribution < -0.4 is 19.5 Å². The van der Waals surface area contributed by atoms with Gasteiger partial charge in [-0.15, -0.1) is 11.3 Å². The second-order valence-electron chi connectivity index (χ2n) is 5.08. The minimum Gasteiger partial charge on any atom is -0.493 e. The molecular weight excluding hydrogens is 330 g/mol. The lowest BCUT2D eigenvalue weighted by molar-refractivity contribution is 0.0914. The van der Waals surface area contributed by atoms with E-state index in [9.17, 15) is 9.90 Å². The Balaban J connectivity index is 2.16. The number of hydrogen-bond acceptors (Lipinski definition) is 6. The fourth-order valence-electron chi connectivity index (χ4n) is 2.38. The van der Waals surface area contributed by atoms with E-state index >= 15 is 0 Å². The van der Waals surface area contributed by atoms with E-state index in [0.29, 0.717) is 17.1 Å². The number of aliphatic hydroxyl groups is 1. The third-order valence-electron chi connectivity index (χ3n) is 3.61. The predicted octanol–water partition coefficient (Wildman–Crippen LogP) is 2.55. The van der Waals surface area contributed by atoms with Gasteiger partial charge in [0.1, 0.15) is 6.10 Å². The largest absolute Gasteiger partial charge is 0.493 e. The summed E-state index contributed by atoms with van der Waals surface area (Å²) in [5.41, 5.74) is 1.32. The first kappa shape index (κ1) is 18.1. The number of benzene rings is 1. The molecule has 1 unspecified atom stereocenters. The third kappa shape index (κ3) is 3.63. The number of hydrogen-bond donors (Lipinski definition) is 2. The maximum Gasteiger partial charge on any atom is 0.255 e. The monoisotopic (exact) mass is 351 g/mol. The van der Waals surface area contributed by atoms with E-state index in [0.717, 1.165) is 10.4 Å². The van der Waals surface area contributed by atoms with Crippen molar-refractivity contribution in [3.63, 3.8) is 0 Å². The van der Waals surface area contributed by atoms with Gasteiger partial charge in [-0.3, -0.25) is 4.79 Å². The molecule has 1 aromatic carbocycles. The molecule has 1 amide bonds. The van der Waals surface area contributed by atoms with Crippen LogP contribution in [0.25, 0.3) is 0 Å². The number of carbonyl (C=O) groups excluding carboxylic acids is 1. The van der Waals surface area contributed by atoms with E-state index in [1.807, 2.05) is 18.4 Å². The molecule has 2 aromatic rings. The lowest BCUT2D eigenvalue weighted by atomic mass is 10.1. The summed E-state index contributed by atoms with van der Waals surface area (Å²) in [6.45, 7) is 2.03. The van der Waals surface area contributed by atoms with E-state index in [4.69, 9.17) is 14.2 Å². The zero-order chi connectivity index (χ0) is 17.7. The van der Waals surface area contributed by atoms with Crippen molar-refractivity contribution < 1.29 is 24.1 Å². The Hall–Kier alpha value is -2.25. The topological polar surface area (TPSA) is 77.0 Å². The summed E-state index contributed by atoms with van der Waals surface area (Å²) in [5.74, 6) is 0.750. The average Bonchev–Trinajstić information content (AvgIpc) is 3.03. The number of aliphatic hydroxyl groups excluding tert-OH is 1. The molecule has 6 nitrogen and oxygen atoms in total. The standard InChI is InChI=1S/C17H21NO5S/c1-10-7-8-24-16(10)12(19)9-18-17(20)11-5-6-13(21-2)15(23-4)14(11)22-3/h5-8,12,19H,9H2,1-4H3,(H,18,20). The van der Waals surface area contributed by atoms with Gasteiger partial charge in [-0.2, -0.15) is 0 Å². The minimum absolute atomic E-state index is 0.109. The molecule has 1 atom stereocenters. The second-order valence-corrected chi connectivity index (χ2v) is 6.02. The summed E-state index contributed by atoms with van der Waals surface area (Å²) in [6, 6.07) is 5.16. The van der Waals surface area contributed by atoms with Gasteiger partial charge in [-0.1, -0.05) is 0 Å². The second kappa shape index (κ2) is 8.03. The lowest BCUT2D eigenvalue weighted by Crippen LogP contribution is -2.28. The van der Waals surface area contributed by atoms with Gasteiger partial charge in [0.05, 0.1) is 26.9 Å². The van der Waals surface area contributed by atoms with Crippen molar-refractivity contribution in [1.82, 2.24) is 5.32 Å². The maximum atomic E-state index is 12.5. The lowest BCUT2D eigenvalue weighted by Gasteiger charge is -2.16. The molecule has 1 heterocycles.